The second-order valence-electron chi connectivity index (χ2n) is 14.0. The van der Waals surface area contributed by atoms with E-state index in [2.05, 4.69) is 24.2 Å². The molecule has 16 nitrogen and oxygen atoms in total. The van der Waals surface area contributed by atoms with Crippen molar-refractivity contribution in [2.45, 2.75) is 23.6 Å². The fourth-order valence-electron chi connectivity index (χ4n) is 5.86. The minimum Gasteiger partial charge on any atom is -0.494 e. The van der Waals surface area contributed by atoms with E-state index in [1.54, 1.807) is 19.2 Å². The molecule has 1 saturated heterocycles. The zero-order valence-corrected chi connectivity index (χ0v) is 34.0. The van der Waals surface area contributed by atoms with E-state index in [1.165, 1.54) is 92.3 Å². The SMILES string of the molecule is COc1cc(/C=N/CNC2=NS(=O)(=O)c3cc(B(O)O)ccc32)ccc1F.COc1cc(/C=N/N(C)C2=NS(=O)(=O)c3cc(B4OCC(C)(C)CO4)ccc32)ccc1F. The van der Waals surface area contributed by atoms with Gasteiger partial charge in [0.2, 0.25) is 0 Å². The van der Waals surface area contributed by atoms with Crippen LogP contribution in [0.15, 0.2) is 101 Å². The number of nitrogens with one attached hydrogen (secondary N) is 1. The summed E-state index contributed by atoms with van der Waals surface area (Å²) in [5.74, 6) is -0.494. The molecule has 3 N–H and O–H groups in total. The number of hydrogen-bond acceptors (Lipinski definition) is 14. The highest BCUT2D eigenvalue weighted by Crippen LogP contribution is 2.29. The van der Waals surface area contributed by atoms with Gasteiger partial charge >= 0.3 is 14.2 Å². The lowest BCUT2D eigenvalue weighted by Gasteiger charge is -2.33. The summed E-state index contributed by atoms with van der Waals surface area (Å²) in [4.78, 5) is 4.07. The van der Waals surface area contributed by atoms with E-state index in [1.807, 2.05) is 13.8 Å². The van der Waals surface area contributed by atoms with Crippen molar-refractivity contribution < 1.29 is 54.4 Å². The number of aliphatic imine (C=N–C) groups is 1. The monoisotopic (exact) mass is 850 g/mol. The van der Waals surface area contributed by atoms with Gasteiger partial charge in [0.1, 0.15) is 17.4 Å². The Hall–Kier alpha value is -5.51. The normalized spacial score (nSPS) is 17.1. The Morgan fingerprint density at radius 2 is 1.42 bits per heavy atom. The number of methoxy groups -OCH3 is 2. The van der Waals surface area contributed by atoms with E-state index < -0.39 is 45.9 Å². The Morgan fingerprint density at radius 3 is 2.03 bits per heavy atom. The van der Waals surface area contributed by atoms with Crippen LogP contribution in [-0.4, -0.2) is 111 Å². The molecule has 0 saturated carbocycles. The van der Waals surface area contributed by atoms with E-state index in [-0.39, 0.29) is 50.5 Å². The first-order chi connectivity index (χ1) is 27.9. The summed E-state index contributed by atoms with van der Waals surface area (Å²) >= 11 is 0. The average molecular weight is 850 g/mol. The van der Waals surface area contributed by atoms with Gasteiger partial charge in [0.15, 0.2) is 29.0 Å². The molecule has 59 heavy (non-hydrogen) atoms. The van der Waals surface area contributed by atoms with Gasteiger partial charge in [-0.1, -0.05) is 50.2 Å². The zero-order valence-electron chi connectivity index (χ0n) is 32.3. The van der Waals surface area contributed by atoms with Crippen molar-refractivity contribution in [2.75, 3.05) is 41.1 Å². The molecule has 0 bridgehead atoms. The van der Waals surface area contributed by atoms with Crippen molar-refractivity contribution in [1.29, 1.82) is 0 Å². The summed E-state index contributed by atoms with van der Waals surface area (Å²) in [6.45, 7) is 5.12. The molecule has 0 radical (unpaired) electrons. The Kier molecular flexibility index (Phi) is 12.7. The molecule has 3 aliphatic heterocycles. The summed E-state index contributed by atoms with van der Waals surface area (Å²) in [7, 11) is -5.90. The number of rotatable bonds is 9. The molecule has 22 heteroatoms. The Morgan fingerprint density at radius 1 is 0.847 bits per heavy atom. The Labute approximate surface area is 340 Å². The smallest absolute Gasteiger partial charge is 0.493 e. The molecule has 1 fully saturated rings. The first kappa shape index (κ1) is 43.1. The van der Waals surface area contributed by atoms with Gasteiger partial charge in [-0.25, -0.2) is 13.8 Å². The van der Waals surface area contributed by atoms with Crippen LogP contribution in [0.5, 0.6) is 11.5 Å². The molecule has 0 unspecified atom stereocenters. The molecule has 4 aromatic rings. The van der Waals surface area contributed by atoms with Gasteiger partial charge in [0.25, 0.3) is 20.0 Å². The largest absolute Gasteiger partial charge is 0.494 e. The van der Waals surface area contributed by atoms with Crippen LogP contribution in [0.25, 0.3) is 0 Å². The van der Waals surface area contributed by atoms with E-state index in [4.69, 9.17) is 18.8 Å². The van der Waals surface area contributed by atoms with Crippen molar-refractivity contribution in [3.05, 3.63) is 107 Å². The minimum atomic E-state index is -3.92. The molecule has 3 aliphatic rings. The molecule has 7 rings (SSSR count). The number of hydrogen-bond donors (Lipinski definition) is 3. The van der Waals surface area contributed by atoms with E-state index in [0.717, 1.165) is 0 Å². The number of halogens is 2. The van der Waals surface area contributed by atoms with E-state index >= 15 is 0 Å². The van der Waals surface area contributed by atoms with Gasteiger partial charge in [-0.3, -0.25) is 4.99 Å². The standard InChI is InChI=1S/C21H23BFN3O5S.C16H15BFN3O5S/c1-21(2)12-30-22(31-13-21)15-6-7-16-19(10-15)32(27,28)25-20(16)26(3)24-11-14-5-8-17(23)18(9-14)29-4;1-26-14-6-10(2-5-13(14)18)8-19-9-20-16-12-4-3-11(17(22)23)7-15(12)27(24,25)21-16/h5-11H,12-13H2,1-4H3;2-8,22-23H,9H2,1H3,(H,20,21)/b24-11+;19-8+. The topological polar surface area (TPSA) is 210 Å². The molecule has 308 valence electrons. The quantitative estimate of drug-likeness (QED) is 0.125. The minimum absolute atomic E-state index is 0.0257. The number of hydrazone groups is 1. The third-order valence-corrected chi connectivity index (χ3v) is 11.5. The van der Waals surface area contributed by atoms with Gasteiger partial charge in [-0.15, -0.1) is 8.80 Å². The maximum absolute atomic E-state index is 13.6. The van der Waals surface area contributed by atoms with Crippen molar-refractivity contribution >= 4 is 69.3 Å². The van der Waals surface area contributed by atoms with Crippen LogP contribution in [0.4, 0.5) is 8.78 Å². The summed E-state index contributed by atoms with van der Waals surface area (Å²) in [6.07, 6.45) is 2.94. The van der Waals surface area contributed by atoms with Crippen molar-refractivity contribution in [2.24, 2.45) is 24.3 Å². The van der Waals surface area contributed by atoms with Gasteiger partial charge in [0, 0.05) is 43.0 Å². The van der Waals surface area contributed by atoms with Crippen LogP contribution in [0.2, 0.25) is 0 Å². The average Bonchev–Trinajstić information content (AvgIpc) is 3.63. The Balaban J connectivity index is 0.000000201. The van der Waals surface area contributed by atoms with Crippen LogP contribution >= 0.6 is 0 Å². The van der Waals surface area contributed by atoms with E-state index in [0.29, 0.717) is 40.9 Å². The number of fused-ring (bicyclic) bond motifs is 2. The van der Waals surface area contributed by atoms with Crippen LogP contribution in [0.1, 0.15) is 36.1 Å². The number of benzene rings is 4. The van der Waals surface area contributed by atoms with Gasteiger partial charge in [0.05, 0.1) is 25.3 Å². The second kappa shape index (κ2) is 17.4. The Bertz CT molecular complexity index is 2600. The second-order valence-corrected chi connectivity index (χ2v) is 17.2. The molecule has 3 heterocycles. The van der Waals surface area contributed by atoms with Crippen LogP contribution in [-0.2, 0) is 29.4 Å². The number of amidine groups is 2. The third kappa shape index (κ3) is 9.86. The predicted octanol–water partition coefficient (Wildman–Crippen LogP) is 1.65. The maximum atomic E-state index is 13.6. The van der Waals surface area contributed by atoms with Crippen LogP contribution in [0.3, 0.4) is 0 Å². The number of sulfonamides is 2. The molecular formula is C37H38B2F2N6O10S2. The lowest BCUT2D eigenvalue weighted by Crippen LogP contribution is -2.47. The van der Waals surface area contributed by atoms with Crippen molar-refractivity contribution in [3.63, 3.8) is 0 Å². The fraction of sp³-hybridized carbons (Fsp3) is 0.243. The van der Waals surface area contributed by atoms with Crippen LogP contribution < -0.4 is 25.7 Å². The third-order valence-electron chi connectivity index (χ3n) is 8.92. The summed E-state index contributed by atoms with van der Waals surface area (Å²) in [6, 6.07) is 17.5. The summed E-state index contributed by atoms with van der Waals surface area (Å²) < 4.78 is 106. The molecule has 0 atom stereocenters. The maximum Gasteiger partial charge on any atom is 0.493 e. The lowest BCUT2D eigenvalue weighted by atomic mass is 9.75. The molecule has 0 spiro atoms. The van der Waals surface area contributed by atoms with Gasteiger partial charge in [-0.05, 0) is 58.5 Å². The summed E-state index contributed by atoms with van der Waals surface area (Å²) in [5, 5.41) is 26.8. The molecule has 4 aromatic carbocycles. The number of ether oxygens (including phenoxy) is 2. The first-order valence-corrected chi connectivity index (χ1v) is 20.6. The van der Waals surface area contributed by atoms with Gasteiger partial charge < -0.3 is 34.1 Å². The fourth-order valence-corrected chi connectivity index (χ4v) is 8.36. The van der Waals surface area contributed by atoms with Crippen molar-refractivity contribution in [1.82, 2.24) is 10.3 Å². The predicted molar refractivity (Wildman–Crippen MR) is 218 cm³/mol. The highest BCUT2D eigenvalue weighted by atomic mass is 32.2. The molecular weight excluding hydrogens is 812 g/mol. The molecule has 0 aliphatic carbocycles. The molecule has 0 amide bonds. The molecule has 0 aromatic heterocycles. The van der Waals surface area contributed by atoms with Gasteiger partial charge in [-0.2, -0.15) is 21.9 Å². The zero-order chi connectivity index (χ0) is 42.7. The number of nitrogens with zero attached hydrogens (tertiary/aromatic N) is 5. The highest BCUT2D eigenvalue weighted by Gasteiger charge is 2.37. The van der Waals surface area contributed by atoms with Crippen molar-refractivity contribution in [3.8, 4) is 11.5 Å². The lowest BCUT2D eigenvalue weighted by molar-refractivity contribution is 0.0343. The first-order valence-electron chi connectivity index (χ1n) is 17.7. The van der Waals surface area contributed by atoms with Crippen LogP contribution in [0, 0.1) is 17.0 Å². The highest BCUT2D eigenvalue weighted by molar-refractivity contribution is 7.91. The van der Waals surface area contributed by atoms with E-state index in [9.17, 15) is 35.7 Å². The summed E-state index contributed by atoms with van der Waals surface area (Å²) in [5.41, 5.74) is 2.52.